The number of rotatable bonds is 19. The third-order valence-electron chi connectivity index (χ3n) is 7.81. The molecule has 0 amide bonds. The highest BCUT2D eigenvalue weighted by Crippen LogP contribution is 2.22. The molecule has 4 rings (SSSR count). The molecule has 0 unspecified atom stereocenters. The molecule has 0 bridgehead atoms. The number of phenols is 1. The van der Waals surface area contributed by atoms with Crippen LogP contribution in [0.1, 0.15) is 66.9 Å². The molecule has 0 saturated heterocycles. The van der Waals surface area contributed by atoms with Gasteiger partial charge < -0.3 is 30.5 Å². The van der Waals surface area contributed by atoms with Crippen molar-refractivity contribution in [1.29, 1.82) is 0 Å². The second-order valence-electron chi connectivity index (χ2n) is 11.7. The molecule has 10 nitrogen and oxygen atoms in total. The number of hydrogen-bond acceptors (Lipinski definition) is 8. The number of nitrogens with two attached hydrogens (primary N) is 1. The number of benzene rings is 4. The third kappa shape index (κ3) is 14.9. The number of fused-ring (bicyclic) bond motifs is 1. The van der Waals surface area contributed by atoms with Crippen LogP contribution in [0.4, 0.5) is 0 Å². The summed E-state index contributed by atoms with van der Waals surface area (Å²) >= 11 is 0. The summed E-state index contributed by atoms with van der Waals surface area (Å²) in [6, 6.07) is 25.3. The highest BCUT2D eigenvalue weighted by atomic mass is 32.2. The molecule has 1 atom stereocenters. The second kappa shape index (κ2) is 21.1. The Labute approximate surface area is 288 Å². The summed E-state index contributed by atoms with van der Waals surface area (Å²) in [4.78, 5) is 10.5. The van der Waals surface area contributed by atoms with E-state index in [1.54, 1.807) is 30.3 Å². The Balaban J connectivity index is 0.000000357. The number of sulfonamides is 1. The van der Waals surface area contributed by atoms with E-state index in [0.29, 0.717) is 24.3 Å². The zero-order chi connectivity index (χ0) is 35.5. The number of aliphatic carboxylic acids is 1. The summed E-state index contributed by atoms with van der Waals surface area (Å²) in [6.45, 7) is 2.36. The molecule has 0 saturated carbocycles. The fraction of sp³-hybridized carbons (Fsp3) is 0.342. The lowest BCUT2D eigenvalue weighted by Gasteiger charge is -2.14. The molecule has 0 aliphatic rings. The Morgan fingerprint density at radius 2 is 1.59 bits per heavy atom. The Morgan fingerprint density at radius 3 is 2.35 bits per heavy atom. The van der Waals surface area contributed by atoms with Crippen molar-refractivity contribution in [3.8, 4) is 5.75 Å². The van der Waals surface area contributed by atoms with Crippen LogP contribution >= 0.6 is 0 Å². The first-order valence-corrected chi connectivity index (χ1v) is 18.0. The van der Waals surface area contributed by atoms with E-state index in [0.717, 1.165) is 86.1 Å². The summed E-state index contributed by atoms with van der Waals surface area (Å²) in [5, 5.41) is 48.2. The summed E-state index contributed by atoms with van der Waals surface area (Å²) < 4.78 is 28.5. The van der Waals surface area contributed by atoms with Crippen molar-refractivity contribution >= 4 is 32.8 Å². The SMILES string of the molecule is NS(=O)(=O)c1cccc(CCCOCCCCCCCNC[C@H](O)c2ccc(O)c(CO)c2)c1.O=C(O)/C=C/c1ccc2ccccc2c1. The van der Waals surface area contributed by atoms with E-state index in [4.69, 9.17) is 15.0 Å². The standard InChI is InChI=1S/C25H38N2O6S.C13H10O2/c26-34(31,32)23-10-6-8-20(16-23)9-7-15-33-14-5-3-1-2-4-13-27-18-25(30)21-11-12-24(29)22(17-21)19-28;14-13(15)8-6-10-5-7-11-3-1-2-4-12(11)9-10/h6,8,10-12,16-17,25,27-30H,1-5,7,9,13-15,18-19H2,(H2,26,31,32);1-9H,(H,14,15)/b;8-6+/t25-;/m0./s1. The smallest absolute Gasteiger partial charge is 0.328 e. The maximum absolute atomic E-state index is 11.4. The highest BCUT2D eigenvalue weighted by Gasteiger charge is 2.10. The molecule has 7 N–H and O–H groups in total. The average Bonchev–Trinajstić information content (AvgIpc) is 3.09. The second-order valence-corrected chi connectivity index (χ2v) is 13.3. The largest absolute Gasteiger partial charge is 0.508 e. The van der Waals surface area contributed by atoms with Gasteiger partial charge in [-0.3, -0.25) is 0 Å². The van der Waals surface area contributed by atoms with Gasteiger partial charge in [-0.2, -0.15) is 0 Å². The van der Waals surface area contributed by atoms with E-state index in [2.05, 4.69) is 5.32 Å². The average molecular weight is 693 g/mol. The predicted molar refractivity (Wildman–Crippen MR) is 193 cm³/mol. The van der Waals surface area contributed by atoms with Gasteiger partial charge in [0.1, 0.15) is 5.75 Å². The number of aliphatic hydroxyl groups is 2. The van der Waals surface area contributed by atoms with Crippen LogP contribution in [0, 0.1) is 0 Å². The number of ether oxygens (including phenoxy) is 1. The first kappa shape index (κ1) is 39.3. The minimum Gasteiger partial charge on any atom is -0.508 e. The lowest BCUT2D eigenvalue weighted by molar-refractivity contribution is -0.131. The molecule has 0 fully saturated rings. The fourth-order valence-corrected chi connectivity index (χ4v) is 5.70. The number of carboxylic acid groups (broad SMARTS) is 1. The van der Waals surface area contributed by atoms with Gasteiger partial charge in [0.25, 0.3) is 0 Å². The molecule has 0 aliphatic heterocycles. The van der Waals surface area contributed by atoms with Gasteiger partial charge in [0.15, 0.2) is 0 Å². The number of aryl methyl sites for hydroxylation is 1. The van der Waals surface area contributed by atoms with E-state index in [9.17, 15) is 28.5 Å². The van der Waals surface area contributed by atoms with Gasteiger partial charge in [0.05, 0.1) is 17.6 Å². The molecule has 0 spiro atoms. The van der Waals surface area contributed by atoms with Crippen molar-refractivity contribution < 1.29 is 38.4 Å². The Hall–Kier alpha value is -4.10. The molecule has 0 heterocycles. The summed E-state index contributed by atoms with van der Waals surface area (Å²) in [7, 11) is -3.66. The van der Waals surface area contributed by atoms with Gasteiger partial charge in [-0.25, -0.2) is 18.4 Å². The van der Waals surface area contributed by atoms with Crippen LogP contribution in [0.15, 0.2) is 95.9 Å². The normalized spacial score (nSPS) is 12.1. The van der Waals surface area contributed by atoms with Gasteiger partial charge in [0.2, 0.25) is 10.0 Å². The van der Waals surface area contributed by atoms with E-state index < -0.39 is 22.1 Å². The Bertz CT molecular complexity index is 1740. The van der Waals surface area contributed by atoms with Crippen LogP contribution in [0.5, 0.6) is 5.75 Å². The lowest BCUT2D eigenvalue weighted by atomic mass is 10.1. The minimum atomic E-state index is -3.66. The molecule has 264 valence electrons. The van der Waals surface area contributed by atoms with Gasteiger partial charge in [-0.15, -0.1) is 0 Å². The van der Waals surface area contributed by atoms with Gasteiger partial charge >= 0.3 is 5.97 Å². The zero-order valence-corrected chi connectivity index (χ0v) is 28.5. The van der Waals surface area contributed by atoms with Crippen LogP contribution in [0.3, 0.4) is 0 Å². The maximum Gasteiger partial charge on any atom is 0.328 e. The molecule has 0 aliphatic carbocycles. The van der Waals surface area contributed by atoms with Crippen molar-refractivity contribution in [2.45, 2.75) is 62.6 Å². The van der Waals surface area contributed by atoms with Crippen LogP contribution in [-0.2, 0) is 32.6 Å². The number of primary sulfonamides is 1. The van der Waals surface area contributed by atoms with Gasteiger partial charge in [0, 0.05) is 31.4 Å². The maximum atomic E-state index is 11.4. The van der Waals surface area contributed by atoms with Crippen molar-refractivity contribution in [2.24, 2.45) is 5.14 Å². The van der Waals surface area contributed by atoms with E-state index in [1.165, 1.54) is 12.1 Å². The Morgan fingerprint density at radius 1 is 0.857 bits per heavy atom. The monoisotopic (exact) mass is 692 g/mol. The number of aromatic hydroxyl groups is 1. The van der Waals surface area contributed by atoms with Crippen LogP contribution in [-0.4, -0.2) is 61.1 Å². The number of carbonyl (C=O) groups is 1. The fourth-order valence-electron chi connectivity index (χ4n) is 5.12. The van der Waals surface area contributed by atoms with E-state index in [1.807, 2.05) is 48.5 Å². The van der Waals surface area contributed by atoms with E-state index in [-0.39, 0.29) is 17.3 Å². The first-order valence-electron chi connectivity index (χ1n) is 16.5. The first-order chi connectivity index (χ1) is 23.6. The molecule has 49 heavy (non-hydrogen) atoms. The molecule has 4 aromatic rings. The van der Waals surface area contributed by atoms with Gasteiger partial charge in [-0.05, 0) is 96.1 Å². The number of hydrogen-bond donors (Lipinski definition) is 6. The molecular formula is C38H48N2O8S. The minimum absolute atomic E-state index is 0.0324. The summed E-state index contributed by atoms with van der Waals surface area (Å²) in [6.07, 6.45) is 9.03. The van der Waals surface area contributed by atoms with Crippen molar-refractivity contribution in [3.63, 3.8) is 0 Å². The molecular weight excluding hydrogens is 644 g/mol. The lowest BCUT2D eigenvalue weighted by Crippen LogP contribution is -2.22. The molecule has 0 aromatic heterocycles. The van der Waals surface area contributed by atoms with Crippen molar-refractivity contribution in [2.75, 3.05) is 26.3 Å². The quantitative estimate of drug-likeness (QED) is 0.0532. The van der Waals surface area contributed by atoms with Crippen LogP contribution in [0.25, 0.3) is 16.8 Å². The summed E-state index contributed by atoms with van der Waals surface area (Å²) in [5.41, 5.74) is 2.92. The van der Waals surface area contributed by atoms with Crippen LogP contribution < -0.4 is 10.5 Å². The van der Waals surface area contributed by atoms with Crippen molar-refractivity contribution in [3.05, 3.63) is 113 Å². The topological polar surface area (TPSA) is 179 Å². The highest BCUT2D eigenvalue weighted by molar-refractivity contribution is 7.89. The van der Waals surface area contributed by atoms with E-state index >= 15 is 0 Å². The zero-order valence-electron chi connectivity index (χ0n) is 27.7. The van der Waals surface area contributed by atoms with Crippen LogP contribution in [0.2, 0.25) is 0 Å². The Kier molecular flexibility index (Phi) is 16.9. The third-order valence-corrected chi connectivity index (χ3v) is 8.72. The van der Waals surface area contributed by atoms with Crippen molar-refractivity contribution in [1.82, 2.24) is 5.32 Å². The molecule has 0 radical (unpaired) electrons. The van der Waals surface area contributed by atoms with Gasteiger partial charge in [-0.1, -0.05) is 73.9 Å². The number of carboxylic acids is 1. The number of unbranched alkanes of at least 4 members (excludes halogenated alkanes) is 4. The number of aliphatic hydroxyl groups excluding tert-OH is 2. The number of nitrogens with one attached hydrogen (secondary N) is 1. The summed E-state index contributed by atoms with van der Waals surface area (Å²) in [5.74, 6) is -0.895. The predicted octanol–water partition coefficient (Wildman–Crippen LogP) is 5.69. The molecule has 11 heteroatoms. The molecule has 4 aromatic carbocycles.